The van der Waals surface area contributed by atoms with Crippen LogP contribution in [-0.4, -0.2) is 29.9 Å². The topological polar surface area (TPSA) is 77.3 Å². The average molecular weight is 621 g/mol. The highest BCUT2D eigenvalue weighted by molar-refractivity contribution is 5.76. The van der Waals surface area contributed by atoms with Crippen LogP contribution in [0.2, 0.25) is 0 Å². The standard InChI is InChI=1S/C42H32N6/c1-3-14-29(4-2)37-43-38(32-15-8-5-9-16-32)46-41(44-37)35-25-21-30(22-26-35)31-23-27-36(28-24-31)42-47-39(33-17-10-6-11-18-33)45-40(48-42)34-19-12-7-13-20-34/h3-6,8-12,14-28H,1-2,7,13H2/b29-14+. The van der Waals surface area contributed by atoms with E-state index in [1.54, 1.807) is 12.2 Å². The van der Waals surface area contributed by atoms with Gasteiger partial charge < -0.3 is 0 Å². The van der Waals surface area contributed by atoms with Gasteiger partial charge in [0.15, 0.2) is 34.9 Å². The number of allylic oxidation sites excluding steroid dienone is 8. The number of hydrogen-bond acceptors (Lipinski definition) is 6. The van der Waals surface area contributed by atoms with Gasteiger partial charge in [-0.25, -0.2) is 29.9 Å². The molecule has 0 fully saturated rings. The van der Waals surface area contributed by atoms with E-state index >= 15 is 0 Å². The van der Waals surface area contributed by atoms with Crippen LogP contribution >= 0.6 is 0 Å². The van der Waals surface area contributed by atoms with Gasteiger partial charge >= 0.3 is 0 Å². The summed E-state index contributed by atoms with van der Waals surface area (Å²) in [4.78, 5) is 29.0. The maximum Gasteiger partial charge on any atom is 0.164 e. The second kappa shape index (κ2) is 13.9. The first-order valence-corrected chi connectivity index (χ1v) is 15.9. The van der Waals surface area contributed by atoms with E-state index in [0.717, 1.165) is 57.4 Å². The Bertz CT molecular complexity index is 2180. The molecule has 2 aromatic heterocycles. The third-order valence-corrected chi connectivity index (χ3v) is 7.98. The molecule has 6 nitrogen and oxygen atoms in total. The fourth-order valence-corrected chi connectivity index (χ4v) is 5.46. The minimum atomic E-state index is 0.543. The minimum Gasteiger partial charge on any atom is -0.208 e. The van der Waals surface area contributed by atoms with Crippen molar-refractivity contribution in [2.45, 2.75) is 12.8 Å². The average Bonchev–Trinajstić information content (AvgIpc) is 3.18. The van der Waals surface area contributed by atoms with Crippen molar-refractivity contribution in [1.82, 2.24) is 29.9 Å². The second-order valence-corrected chi connectivity index (χ2v) is 11.2. The van der Waals surface area contributed by atoms with Crippen LogP contribution in [0, 0.1) is 0 Å². The van der Waals surface area contributed by atoms with Crippen LogP contribution in [0.1, 0.15) is 24.5 Å². The van der Waals surface area contributed by atoms with E-state index in [2.05, 4.69) is 67.8 Å². The normalized spacial score (nSPS) is 12.8. The Morgan fingerprint density at radius 3 is 1.35 bits per heavy atom. The molecule has 0 unspecified atom stereocenters. The van der Waals surface area contributed by atoms with Crippen molar-refractivity contribution in [3.05, 3.63) is 170 Å². The van der Waals surface area contributed by atoms with Crippen LogP contribution in [0.15, 0.2) is 159 Å². The van der Waals surface area contributed by atoms with Gasteiger partial charge in [-0.1, -0.05) is 159 Å². The van der Waals surface area contributed by atoms with E-state index in [9.17, 15) is 0 Å². The predicted octanol–water partition coefficient (Wildman–Crippen LogP) is 9.88. The third kappa shape index (κ3) is 6.59. The van der Waals surface area contributed by atoms with Gasteiger partial charge in [0.25, 0.3) is 0 Å². The molecule has 0 saturated carbocycles. The summed E-state index contributed by atoms with van der Waals surface area (Å²) in [5.74, 6) is 3.71. The van der Waals surface area contributed by atoms with Gasteiger partial charge in [-0.3, -0.25) is 0 Å². The molecule has 48 heavy (non-hydrogen) atoms. The van der Waals surface area contributed by atoms with E-state index in [1.807, 2.05) is 78.9 Å². The Balaban J connectivity index is 1.20. The number of benzene rings is 4. The number of hydrogen-bond donors (Lipinski definition) is 0. The Morgan fingerprint density at radius 1 is 0.479 bits per heavy atom. The van der Waals surface area contributed by atoms with Gasteiger partial charge in [0, 0.05) is 33.4 Å². The molecule has 0 aliphatic heterocycles. The van der Waals surface area contributed by atoms with Crippen LogP contribution in [0.3, 0.4) is 0 Å². The molecule has 0 amide bonds. The van der Waals surface area contributed by atoms with Crippen molar-refractivity contribution in [3.8, 4) is 56.7 Å². The monoisotopic (exact) mass is 620 g/mol. The highest BCUT2D eigenvalue weighted by atomic mass is 15.0. The van der Waals surface area contributed by atoms with Crippen LogP contribution in [-0.2, 0) is 0 Å². The van der Waals surface area contributed by atoms with Crippen molar-refractivity contribution in [3.63, 3.8) is 0 Å². The Hall–Kier alpha value is -6.40. The zero-order chi connectivity index (χ0) is 32.7. The van der Waals surface area contributed by atoms with E-state index in [-0.39, 0.29) is 0 Å². The first kappa shape index (κ1) is 30.3. The number of aromatic nitrogens is 6. The molecule has 0 N–H and O–H groups in total. The predicted molar refractivity (Wildman–Crippen MR) is 195 cm³/mol. The fraction of sp³-hybridized carbons (Fsp3) is 0.0476. The first-order valence-electron chi connectivity index (χ1n) is 15.9. The molecule has 2 heterocycles. The van der Waals surface area contributed by atoms with Gasteiger partial charge in [-0.15, -0.1) is 0 Å². The molecular weight excluding hydrogens is 589 g/mol. The Labute approximate surface area is 280 Å². The summed E-state index contributed by atoms with van der Waals surface area (Å²) in [6.45, 7) is 7.77. The molecular formula is C42H32N6. The molecule has 6 heteroatoms. The van der Waals surface area contributed by atoms with Gasteiger partial charge in [0.1, 0.15) is 0 Å². The van der Waals surface area contributed by atoms with Crippen molar-refractivity contribution < 1.29 is 0 Å². The lowest BCUT2D eigenvalue weighted by Gasteiger charge is -2.11. The molecule has 0 saturated heterocycles. The van der Waals surface area contributed by atoms with Crippen molar-refractivity contribution in [2.24, 2.45) is 0 Å². The molecule has 0 radical (unpaired) electrons. The summed E-state index contributed by atoms with van der Waals surface area (Å²) >= 11 is 0. The second-order valence-electron chi connectivity index (χ2n) is 11.2. The Morgan fingerprint density at radius 2 is 0.917 bits per heavy atom. The van der Waals surface area contributed by atoms with Crippen LogP contribution in [0.4, 0.5) is 0 Å². The molecule has 0 spiro atoms. The van der Waals surface area contributed by atoms with Gasteiger partial charge in [0.05, 0.1) is 0 Å². The molecule has 7 rings (SSSR count). The zero-order valence-corrected chi connectivity index (χ0v) is 26.4. The summed E-state index contributed by atoms with van der Waals surface area (Å²) in [5, 5.41) is 0. The number of nitrogens with zero attached hydrogens (tertiary/aromatic N) is 6. The van der Waals surface area contributed by atoms with Crippen molar-refractivity contribution in [1.29, 1.82) is 0 Å². The lowest BCUT2D eigenvalue weighted by atomic mass is 10.0. The first-order chi connectivity index (χ1) is 23.7. The summed E-state index contributed by atoms with van der Waals surface area (Å²) in [6, 6.07) is 36.5. The largest absolute Gasteiger partial charge is 0.208 e. The zero-order valence-electron chi connectivity index (χ0n) is 26.4. The molecule has 1 aliphatic rings. The molecule has 230 valence electrons. The highest BCUT2D eigenvalue weighted by Crippen LogP contribution is 2.29. The summed E-state index contributed by atoms with van der Waals surface area (Å²) in [7, 11) is 0. The third-order valence-electron chi connectivity index (χ3n) is 7.98. The SMILES string of the molecule is C=C/C=C(\C=C)c1nc(-c2ccccc2)nc(-c2ccc(-c3ccc(-c4nc(C5=CCCC=C5)nc(-c5ccccc5)n4)cc3)cc2)n1. The van der Waals surface area contributed by atoms with E-state index < -0.39 is 0 Å². The lowest BCUT2D eigenvalue weighted by Crippen LogP contribution is -2.03. The summed E-state index contributed by atoms with van der Waals surface area (Å²) in [5.41, 5.74) is 7.62. The quantitative estimate of drug-likeness (QED) is 0.150. The van der Waals surface area contributed by atoms with Gasteiger partial charge in [-0.05, 0) is 24.0 Å². The molecule has 6 aromatic rings. The molecule has 0 bridgehead atoms. The minimum absolute atomic E-state index is 0.543. The van der Waals surface area contributed by atoms with Gasteiger partial charge in [-0.2, -0.15) is 0 Å². The van der Waals surface area contributed by atoms with E-state index in [4.69, 9.17) is 29.9 Å². The van der Waals surface area contributed by atoms with Crippen molar-refractivity contribution >= 4 is 11.1 Å². The maximum absolute atomic E-state index is 4.89. The maximum atomic E-state index is 4.89. The summed E-state index contributed by atoms with van der Waals surface area (Å²) < 4.78 is 0. The van der Waals surface area contributed by atoms with Crippen LogP contribution < -0.4 is 0 Å². The van der Waals surface area contributed by atoms with E-state index in [0.29, 0.717) is 34.9 Å². The molecule has 1 aliphatic carbocycles. The highest BCUT2D eigenvalue weighted by Gasteiger charge is 2.15. The molecule has 4 aromatic carbocycles. The fourth-order valence-electron chi connectivity index (χ4n) is 5.46. The van der Waals surface area contributed by atoms with E-state index in [1.165, 1.54) is 0 Å². The van der Waals surface area contributed by atoms with Gasteiger partial charge in [0.2, 0.25) is 0 Å². The lowest BCUT2D eigenvalue weighted by molar-refractivity contribution is 1.01. The van der Waals surface area contributed by atoms with Crippen LogP contribution in [0.5, 0.6) is 0 Å². The summed E-state index contributed by atoms with van der Waals surface area (Å²) in [6.07, 6.45) is 13.7. The molecule has 0 atom stereocenters. The van der Waals surface area contributed by atoms with Crippen LogP contribution in [0.25, 0.3) is 67.8 Å². The smallest absolute Gasteiger partial charge is 0.164 e. The Kier molecular flexibility index (Phi) is 8.78. The van der Waals surface area contributed by atoms with Crippen molar-refractivity contribution in [2.75, 3.05) is 0 Å². The number of rotatable bonds is 9.